The van der Waals surface area contributed by atoms with E-state index in [4.69, 9.17) is 9.84 Å². The van der Waals surface area contributed by atoms with Gasteiger partial charge < -0.3 is 25.4 Å². The Labute approximate surface area is 186 Å². The van der Waals surface area contributed by atoms with Crippen molar-refractivity contribution >= 4 is 5.91 Å². The lowest BCUT2D eigenvalue weighted by Gasteiger charge is -2.32. The molecule has 0 unspecified atom stereocenters. The molecule has 1 saturated carbocycles. The highest BCUT2D eigenvalue weighted by atomic mass is 16.5. The molecule has 0 aliphatic heterocycles. The van der Waals surface area contributed by atoms with Crippen LogP contribution in [0.3, 0.4) is 0 Å². The number of rotatable bonds is 12. The van der Waals surface area contributed by atoms with Crippen LogP contribution < -0.4 is 10.1 Å². The number of hydrogen-bond donors (Lipinski definition) is 4. The van der Waals surface area contributed by atoms with Gasteiger partial charge in [-0.25, -0.2) is 0 Å². The van der Waals surface area contributed by atoms with E-state index < -0.39 is 0 Å². The zero-order valence-electron chi connectivity index (χ0n) is 18.8. The van der Waals surface area contributed by atoms with Crippen LogP contribution in [-0.2, 0) is 17.6 Å². The van der Waals surface area contributed by atoms with E-state index in [9.17, 15) is 15.0 Å². The summed E-state index contributed by atoms with van der Waals surface area (Å²) >= 11 is 0. The summed E-state index contributed by atoms with van der Waals surface area (Å²) in [6.07, 6.45) is 7.93. The number of carbonyl (C=O) groups is 1. The number of unbranched alkanes of at least 4 members (excludes halogenated alkanes) is 2. The lowest BCUT2D eigenvalue weighted by Crippen LogP contribution is -2.31. The summed E-state index contributed by atoms with van der Waals surface area (Å²) in [6, 6.07) is 6.01. The summed E-state index contributed by atoms with van der Waals surface area (Å²) in [6.45, 7) is 2.25. The Morgan fingerprint density at radius 3 is 2.87 bits per heavy atom. The molecule has 0 aromatic heterocycles. The third kappa shape index (κ3) is 6.43. The topological polar surface area (TPSA) is 99.0 Å². The molecule has 1 aromatic carbocycles. The van der Waals surface area contributed by atoms with Crippen molar-refractivity contribution in [3.05, 3.63) is 29.3 Å². The van der Waals surface area contributed by atoms with Gasteiger partial charge >= 0.3 is 0 Å². The molecule has 31 heavy (non-hydrogen) atoms. The van der Waals surface area contributed by atoms with Crippen LogP contribution in [0.4, 0.5) is 0 Å². The number of ether oxygens (including phenoxy) is 1. The number of amides is 1. The van der Waals surface area contributed by atoms with Crippen molar-refractivity contribution in [2.45, 2.75) is 76.9 Å². The Kier molecular flexibility index (Phi) is 9.17. The Balaban J connectivity index is 1.59. The molecule has 4 N–H and O–H groups in total. The highest BCUT2D eigenvalue weighted by molar-refractivity contribution is 5.77. The molecule has 0 heterocycles. The van der Waals surface area contributed by atoms with E-state index in [1.54, 1.807) is 0 Å². The van der Waals surface area contributed by atoms with Gasteiger partial charge in [0.05, 0.1) is 18.8 Å². The minimum Gasteiger partial charge on any atom is -0.483 e. The molecular weight excluding hydrogens is 394 g/mol. The van der Waals surface area contributed by atoms with Crippen LogP contribution in [0.1, 0.15) is 63.0 Å². The Hall–Kier alpha value is -1.63. The predicted molar refractivity (Wildman–Crippen MR) is 120 cm³/mol. The van der Waals surface area contributed by atoms with Crippen LogP contribution in [0.25, 0.3) is 0 Å². The van der Waals surface area contributed by atoms with E-state index in [-0.39, 0.29) is 43.8 Å². The number of aliphatic hydroxyl groups is 3. The van der Waals surface area contributed by atoms with Crippen molar-refractivity contribution in [1.82, 2.24) is 5.32 Å². The number of fused-ring (bicyclic) bond motifs is 2. The van der Waals surface area contributed by atoms with Crippen molar-refractivity contribution < 1.29 is 24.9 Å². The molecular formula is C25H39NO5. The molecule has 174 valence electrons. The van der Waals surface area contributed by atoms with Gasteiger partial charge in [0.2, 0.25) is 0 Å². The van der Waals surface area contributed by atoms with Gasteiger partial charge in [-0.2, -0.15) is 0 Å². The van der Waals surface area contributed by atoms with Crippen molar-refractivity contribution in [3.8, 4) is 5.75 Å². The summed E-state index contributed by atoms with van der Waals surface area (Å²) in [5, 5.41) is 32.5. The first-order valence-corrected chi connectivity index (χ1v) is 12.0. The smallest absolute Gasteiger partial charge is 0.258 e. The average Bonchev–Trinajstić information content (AvgIpc) is 3.07. The van der Waals surface area contributed by atoms with Gasteiger partial charge in [-0.05, 0) is 73.5 Å². The van der Waals surface area contributed by atoms with Crippen molar-refractivity contribution in [2.75, 3.05) is 19.8 Å². The summed E-state index contributed by atoms with van der Waals surface area (Å²) in [5.74, 6) is 1.60. The quantitative estimate of drug-likeness (QED) is 0.380. The zero-order chi connectivity index (χ0) is 22.2. The Morgan fingerprint density at radius 1 is 1.26 bits per heavy atom. The van der Waals surface area contributed by atoms with E-state index in [0.29, 0.717) is 11.8 Å². The maximum atomic E-state index is 11.8. The van der Waals surface area contributed by atoms with E-state index in [0.717, 1.165) is 69.1 Å². The Morgan fingerprint density at radius 2 is 2.10 bits per heavy atom. The monoisotopic (exact) mass is 433 g/mol. The average molecular weight is 434 g/mol. The molecule has 1 amide bonds. The molecule has 6 heteroatoms. The number of aliphatic hydroxyl groups excluding tert-OH is 3. The summed E-state index contributed by atoms with van der Waals surface area (Å²) in [4.78, 5) is 11.8. The van der Waals surface area contributed by atoms with Gasteiger partial charge in [0.25, 0.3) is 5.91 Å². The number of carbonyl (C=O) groups excluding carboxylic acids is 1. The number of nitrogens with one attached hydrogen (secondary N) is 1. The highest BCUT2D eigenvalue weighted by Gasteiger charge is 2.44. The first kappa shape index (κ1) is 24.0. The second kappa shape index (κ2) is 11.8. The van der Waals surface area contributed by atoms with Gasteiger partial charge in [0.15, 0.2) is 6.61 Å². The first-order valence-electron chi connectivity index (χ1n) is 12.0. The maximum absolute atomic E-state index is 11.8. The van der Waals surface area contributed by atoms with Crippen LogP contribution in [0.15, 0.2) is 18.2 Å². The molecule has 0 bridgehead atoms. The largest absolute Gasteiger partial charge is 0.483 e. The molecule has 1 aromatic rings. The third-order valence-corrected chi connectivity index (χ3v) is 7.11. The van der Waals surface area contributed by atoms with Gasteiger partial charge in [0, 0.05) is 6.54 Å². The molecule has 2 aliphatic carbocycles. The molecule has 0 saturated heterocycles. The first-order chi connectivity index (χ1) is 15.0. The zero-order valence-corrected chi connectivity index (χ0v) is 18.8. The van der Waals surface area contributed by atoms with Gasteiger partial charge in [-0.15, -0.1) is 0 Å². The van der Waals surface area contributed by atoms with E-state index in [1.165, 1.54) is 5.56 Å². The van der Waals surface area contributed by atoms with Crippen LogP contribution in [0.5, 0.6) is 5.75 Å². The SMILES string of the molecule is CCCCC[C@H](O)CC[C@@H]1[C@H]2Cc3cccc(OCC(=O)NCCO)c3C[C@H]2C[C@H]1O. The van der Waals surface area contributed by atoms with Crippen molar-refractivity contribution in [2.24, 2.45) is 17.8 Å². The van der Waals surface area contributed by atoms with Crippen molar-refractivity contribution in [3.63, 3.8) is 0 Å². The third-order valence-electron chi connectivity index (χ3n) is 7.11. The molecule has 0 radical (unpaired) electrons. The molecule has 6 nitrogen and oxygen atoms in total. The summed E-state index contributed by atoms with van der Waals surface area (Å²) < 4.78 is 5.80. The molecule has 1 fully saturated rings. The molecule has 2 aliphatic rings. The fraction of sp³-hybridized carbons (Fsp3) is 0.720. The predicted octanol–water partition coefficient (Wildman–Crippen LogP) is 2.61. The summed E-state index contributed by atoms with van der Waals surface area (Å²) in [5.41, 5.74) is 2.41. The fourth-order valence-corrected chi connectivity index (χ4v) is 5.49. The van der Waals surface area contributed by atoms with Crippen LogP contribution in [-0.4, -0.2) is 53.2 Å². The molecule has 0 spiro atoms. The number of benzene rings is 1. The lowest BCUT2D eigenvalue weighted by molar-refractivity contribution is -0.123. The highest BCUT2D eigenvalue weighted by Crippen LogP contribution is 2.48. The minimum atomic E-state index is -0.305. The van der Waals surface area contributed by atoms with Gasteiger partial charge in [-0.3, -0.25) is 4.79 Å². The second-order valence-corrected chi connectivity index (χ2v) is 9.28. The normalized spacial score (nSPS) is 25.5. The standard InChI is InChI=1S/C25H39NO5/c1-2-3-4-7-19(28)9-10-20-21-13-17-6-5-8-24(31-16-25(30)26-11-12-27)22(17)14-18(21)15-23(20)29/h5-6,8,18-21,23,27-29H,2-4,7,9-16H2,1H3,(H,26,30)/t18-,19-,20+,21-,23+/m0/s1. The van der Waals surface area contributed by atoms with Gasteiger partial charge in [0.1, 0.15) is 5.75 Å². The van der Waals surface area contributed by atoms with Crippen molar-refractivity contribution in [1.29, 1.82) is 0 Å². The minimum absolute atomic E-state index is 0.0638. The molecule has 5 atom stereocenters. The fourth-order valence-electron chi connectivity index (χ4n) is 5.49. The second-order valence-electron chi connectivity index (χ2n) is 9.28. The molecule has 3 rings (SSSR count). The van der Waals surface area contributed by atoms with Crippen LogP contribution >= 0.6 is 0 Å². The van der Waals surface area contributed by atoms with E-state index >= 15 is 0 Å². The number of hydrogen-bond acceptors (Lipinski definition) is 5. The Bertz CT molecular complexity index is 709. The maximum Gasteiger partial charge on any atom is 0.258 e. The van der Waals surface area contributed by atoms with E-state index in [1.807, 2.05) is 12.1 Å². The van der Waals surface area contributed by atoms with Crippen LogP contribution in [0, 0.1) is 17.8 Å². The van der Waals surface area contributed by atoms with Gasteiger partial charge in [-0.1, -0.05) is 38.3 Å². The summed E-state index contributed by atoms with van der Waals surface area (Å²) in [7, 11) is 0. The van der Waals surface area contributed by atoms with Crippen LogP contribution in [0.2, 0.25) is 0 Å². The lowest BCUT2D eigenvalue weighted by atomic mass is 9.73. The van der Waals surface area contributed by atoms with E-state index in [2.05, 4.69) is 18.3 Å².